The second-order valence-corrected chi connectivity index (χ2v) is 9.95. The number of hydrogen-bond acceptors (Lipinski definition) is 4. The third-order valence-electron chi connectivity index (χ3n) is 6.18. The first-order valence-corrected chi connectivity index (χ1v) is 12.5. The first-order chi connectivity index (χ1) is 15.5. The lowest BCUT2D eigenvalue weighted by molar-refractivity contribution is 0.205. The highest BCUT2D eigenvalue weighted by Gasteiger charge is 2.16. The van der Waals surface area contributed by atoms with Crippen LogP contribution in [0.1, 0.15) is 37.8 Å². The van der Waals surface area contributed by atoms with Gasteiger partial charge in [0.05, 0.1) is 12.3 Å². The van der Waals surface area contributed by atoms with Crippen LogP contribution < -0.4 is 4.74 Å². The molecule has 4 rings (SSSR count). The van der Waals surface area contributed by atoms with E-state index in [0.29, 0.717) is 17.5 Å². The van der Waals surface area contributed by atoms with Gasteiger partial charge in [0, 0.05) is 38.6 Å². The summed E-state index contributed by atoms with van der Waals surface area (Å²) in [6.45, 7) is 5.18. The standard InChI is InChI=1S/C25H30BrClN4O/c1-17-24(19-6-8-20(27)9-7-19)30-25(29-17)21-15-23(28-16-22(21)26)32-14-4-3-5-18-10-12-31(2)13-11-18/h6-9,15-16,18H,3-5,10-14H2,1-2H3,(H,29,30). The van der Waals surface area contributed by atoms with E-state index in [1.54, 1.807) is 6.20 Å². The van der Waals surface area contributed by atoms with Crippen molar-refractivity contribution in [2.45, 2.75) is 39.0 Å². The fraction of sp³-hybridized carbons (Fsp3) is 0.440. The van der Waals surface area contributed by atoms with Crippen LogP contribution in [0, 0.1) is 12.8 Å². The molecule has 1 fully saturated rings. The van der Waals surface area contributed by atoms with Crippen LogP contribution in [0.5, 0.6) is 5.88 Å². The molecule has 0 amide bonds. The minimum absolute atomic E-state index is 0.629. The smallest absolute Gasteiger partial charge is 0.213 e. The Morgan fingerprint density at radius 3 is 2.69 bits per heavy atom. The summed E-state index contributed by atoms with van der Waals surface area (Å²) < 4.78 is 6.85. The van der Waals surface area contributed by atoms with Crippen LogP contribution in [0.3, 0.4) is 0 Å². The molecule has 0 atom stereocenters. The molecule has 0 aliphatic carbocycles. The number of pyridine rings is 1. The highest BCUT2D eigenvalue weighted by atomic mass is 79.9. The normalized spacial score (nSPS) is 15.2. The maximum atomic E-state index is 6.03. The van der Waals surface area contributed by atoms with Crippen LogP contribution in [-0.4, -0.2) is 46.6 Å². The highest BCUT2D eigenvalue weighted by Crippen LogP contribution is 2.32. The topological polar surface area (TPSA) is 54.0 Å². The fourth-order valence-electron chi connectivity index (χ4n) is 4.22. The summed E-state index contributed by atoms with van der Waals surface area (Å²) in [7, 11) is 2.21. The number of unbranched alkanes of at least 4 members (excludes halogenated alkanes) is 1. The molecule has 2 aromatic heterocycles. The van der Waals surface area contributed by atoms with Crippen molar-refractivity contribution >= 4 is 27.5 Å². The molecule has 0 saturated carbocycles. The average molecular weight is 518 g/mol. The lowest BCUT2D eigenvalue weighted by atomic mass is 9.92. The molecule has 7 heteroatoms. The number of ether oxygens (including phenoxy) is 1. The quantitative estimate of drug-likeness (QED) is 0.336. The molecular formula is C25H30BrClN4O. The second-order valence-electron chi connectivity index (χ2n) is 8.66. The van der Waals surface area contributed by atoms with Crippen LogP contribution in [0.2, 0.25) is 5.02 Å². The van der Waals surface area contributed by atoms with Gasteiger partial charge >= 0.3 is 0 Å². The van der Waals surface area contributed by atoms with Crippen molar-refractivity contribution < 1.29 is 4.74 Å². The number of piperidine rings is 1. The molecule has 1 aliphatic heterocycles. The zero-order valence-corrected chi connectivity index (χ0v) is 21.0. The molecule has 1 aliphatic rings. The van der Waals surface area contributed by atoms with Crippen molar-refractivity contribution in [1.82, 2.24) is 19.9 Å². The van der Waals surface area contributed by atoms with Gasteiger partial charge in [-0.05, 0) is 86.7 Å². The van der Waals surface area contributed by atoms with E-state index < -0.39 is 0 Å². The number of aromatic amines is 1. The van der Waals surface area contributed by atoms with Crippen LogP contribution in [0.15, 0.2) is 41.0 Å². The summed E-state index contributed by atoms with van der Waals surface area (Å²) in [5.74, 6) is 2.29. The molecule has 0 radical (unpaired) electrons. The predicted molar refractivity (Wildman–Crippen MR) is 134 cm³/mol. The lowest BCUT2D eigenvalue weighted by Crippen LogP contribution is -2.30. The maximum Gasteiger partial charge on any atom is 0.213 e. The van der Waals surface area contributed by atoms with Crippen molar-refractivity contribution in [1.29, 1.82) is 0 Å². The number of benzene rings is 1. The number of likely N-dealkylation sites (tertiary alicyclic amines) is 1. The minimum Gasteiger partial charge on any atom is -0.478 e. The van der Waals surface area contributed by atoms with E-state index in [2.05, 4.69) is 37.8 Å². The Balaban J connectivity index is 1.36. The summed E-state index contributed by atoms with van der Waals surface area (Å²) >= 11 is 9.64. The molecule has 3 aromatic rings. The number of nitrogens with zero attached hydrogens (tertiary/aromatic N) is 3. The Morgan fingerprint density at radius 1 is 1.19 bits per heavy atom. The number of H-pyrrole nitrogens is 1. The van der Waals surface area contributed by atoms with E-state index in [1.807, 2.05) is 37.3 Å². The molecular weight excluding hydrogens is 488 g/mol. The third-order valence-corrected chi connectivity index (χ3v) is 7.07. The molecule has 3 heterocycles. The van der Waals surface area contributed by atoms with Gasteiger partial charge < -0.3 is 14.6 Å². The molecule has 5 nitrogen and oxygen atoms in total. The molecule has 0 unspecified atom stereocenters. The Labute approximate surface area is 203 Å². The van der Waals surface area contributed by atoms with Gasteiger partial charge in [-0.25, -0.2) is 9.97 Å². The van der Waals surface area contributed by atoms with Crippen molar-refractivity contribution in [2.75, 3.05) is 26.7 Å². The number of aryl methyl sites for hydroxylation is 1. The van der Waals surface area contributed by atoms with Crippen LogP contribution in [-0.2, 0) is 0 Å². The van der Waals surface area contributed by atoms with Crippen molar-refractivity contribution in [3.05, 3.63) is 51.7 Å². The van der Waals surface area contributed by atoms with Gasteiger partial charge in [-0.1, -0.05) is 30.2 Å². The number of nitrogens with one attached hydrogen (secondary N) is 1. The molecule has 1 saturated heterocycles. The number of rotatable bonds is 8. The van der Waals surface area contributed by atoms with Gasteiger partial charge in [-0.15, -0.1) is 0 Å². The van der Waals surface area contributed by atoms with Crippen LogP contribution in [0.4, 0.5) is 0 Å². The van der Waals surface area contributed by atoms with E-state index in [9.17, 15) is 0 Å². The van der Waals surface area contributed by atoms with Gasteiger partial charge in [0.2, 0.25) is 5.88 Å². The Morgan fingerprint density at radius 2 is 1.94 bits per heavy atom. The van der Waals surface area contributed by atoms with E-state index >= 15 is 0 Å². The maximum absolute atomic E-state index is 6.03. The van der Waals surface area contributed by atoms with Gasteiger partial charge in [-0.3, -0.25) is 0 Å². The summed E-state index contributed by atoms with van der Waals surface area (Å²) in [4.78, 5) is 15.1. The van der Waals surface area contributed by atoms with Crippen LogP contribution >= 0.6 is 27.5 Å². The predicted octanol–water partition coefficient (Wildman–Crippen LogP) is 6.75. The van der Waals surface area contributed by atoms with E-state index in [4.69, 9.17) is 21.3 Å². The van der Waals surface area contributed by atoms with Gasteiger partial charge in [0.1, 0.15) is 5.82 Å². The molecule has 1 N–H and O–H groups in total. The largest absolute Gasteiger partial charge is 0.478 e. The Bertz CT molecular complexity index is 1030. The first-order valence-electron chi connectivity index (χ1n) is 11.3. The van der Waals surface area contributed by atoms with Gasteiger partial charge in [0.25, 0.3) is 0 Å². The van der Waals surface area contributed by atoms with E-state index in [-0.39, 0.29) is 0 Å². The lowest BCUT2D eigenvalue weighted by Gasteiger charge is -2.28. The molecule has 0 spiro atoms. The zero-order valence-electron chi connectivity index (χ0n) is 18.7. The van der Waals surface area contributed by atoms with Crippen molar-refractivity contribution in [3.8, 4) is 28.5 Å². The summed E-state index contributed by atoms with van der Waals surface area (Å²) in [5.41, 5.74) is 3.88. The van der Waals surface area contributed by atoms with Crippen molar-refractivity contribution in [2.24, 2.45) is 5.92 Å². The third kappa shape index (κ3) is 5.91. The fourth-order valence-corrected chi connectivity index (χ4v) is 4.75. The number of hydrogen-bond donors (Lipinski definition) is 1. The number of aromatic nitrogens is 3. The summed E-state index contributed by atoms with van der Waals surface area (Å²) in [6, 6.07) is 9.68. The number of halogens is 2. The zero-order chi connectivity index (χ0) is 22.5. The second kappa shape index (κ2) is 10.8. The molecule has 0 bridgehead atoms. The van der Waals surface area contributed by atoms with Gasteiger partial charge in [0.15, 0.2) is 0 Å². The van der Waals surface area contributed by atoms with Crippen molar-refractivity contribution in [3.63, 3.8) is 0 Å². The summed E-state index contributed by atoms with van der Waals surface area (Å²) in [5, 5.41) is 0.715. The number of imidazole rings is 1. The van der Waals surface area contributed by atoms with Crippen LogP contribution in [0.25, 0.3) is 22.6 Å². The minimum atomic E-state index is 0.629. The van der Waals surface area contributed by atoms with E-state index in [0.717, 1.165) is 45.2 Å². The molecule has 1 aromatic carbocycles. The highest BCUT2D eigenvalue weighted by molar-refractivity contribution is 9.10. The van der Waals surface area contributed by atoms with E-state index in [1.165, 1.54) is 38.8 Å². The monoisotopic (exact) mass is 516 g/mol. The first kappa shape index (κ1) is 23.3. The Hall–Kier alpha value is -1.89. The summed E-state index contributed by atoms with van der Waals surface area (Å²) in [6.07, 6.45) is 8.00. The molecule has 32 heavy (non-hydrogen) atoms. The molecule has 170 valence electrons. The average Bonchev–Trinajstić information content (AvgIpc) is 3.17. The SMILES string of the molecule is Cc1[nH]c(-c2cc(OCCCCC3CCN(C)CC3)ncc2Br)nc1-c1ccc(Cl)cc1. The Kier molecular flexibility index (Phi) is 7.87. The van der Waals surface area contributed by atoms with Gasteiger partial charge in [-0.2, -0.15) is 0 Å².